The van der Waals surface area contributed by atoms with Crippen LogP contribution in [0.3, 0.4) is 0 Å². The quantitative estimate of drug-likeness (QED) is 0.548. The molecule has 0 radical (unpaired) electrons. The summed E-state index contributed by atoms with van der Waals surface area (Å²) in [6.07, 6.45) is 0.861. The molecule has 9 nitrogen and oxygen atoms in total. The van der Waals surface area contributed by atoms with Gasteiger partial charge in [0, 0.05) is 18.6 Å². The number of rotatable bonds is 5. The van der Waals surface area contributed by atoms with E-state index in [-0.39, 0.29) is 23.6 Å². The molecule has 40 heavy (non-hydrogen) atoms. The zero-order valence-electron chi connectivity index (χ0n) is 22.0. The van der Waals surface area contributed by atoms with Crippen molar-refractivity contribution in [3.63, 3.8) is 0 Å². The molecule has 2 saturated heterocycles. The molecule has 3 fully saturated rings. The summed E-state index contributed by atoms with van der Waals surface area (Å²) in [6.45, 7) is 1.23. The Labute approximate surface area is 230 Å². The van der Waals surface area contributed by atoms with Gasteiger partial charge in [-0.25, -0.2) is 28.1 Å². The molecule has 0 spiro atoms. The lowest BCUT2D eigenvalue weighted by Gasteiger charge is -2.42. The van der Waals surface area contributed by atoms with Gasteiger partial charge in [0.15, 0.2) is 11.6 Å². The van der Waals surface area contributed by atoms with Crippen molar-refractivity contribution in [3.8, 4) is 6.07 Å². The van der Waals surface area contributed by atoms with Crippen LogP contribution in [0, 0.1) is 23.0 Å². The maximum Gasteiger partial charge on any atom is 0.419 e. The number of carbonyl (C=O) groups excluding carboxylic acids is 3. The molecular weight excluding hydrogens is 522 g/mol. The van der Waals surface area contributed by atoms with Crippen LogP contribution in [-0.2, 0) is 14.3 Å². The molecule has 11 heteroatoms. The van der Waals surface area contributed by atoms with Gasteiger partial charge in [-0.3, -0.25) is 0 Å². The number of hydrogen-bond acceptors (Lipinski definition) is 7. The van der Waals surface area contributed by atoms with E-state index in [2.05, 4.69) is 11.4 Å². The second-order valence-electron chi connectivity index (χ2n) is 10.4. The first kappa shape index (κ1) is 27.5. The Bertz CT molecular complexity index is 1330. The van der Waals surface area contributed by atoms with E-state index in [1.165, 1.54) is 6.07 Å². The van der Waals surface area contributed by atoms with Crippen molar-refractivity contribution in [2.24, 2.45) is 0 Å². The smallest absolute Gasteiger partial charge is 0.419 e. The maximum atomic E-state index is 14.2. The third kappa shape index (κ3) is 5.11. The van der Waals surface area contributed by atoms with Gasteiger partial charge in [0.05, 0.1) is 18.7 Å². The molecule has 0 aromatic heterocycles. The summed E-state index contributed by atoms with van der Waals surface area (Å²) in [4.78, 5) is 42.5. The molecule has 2 heterocycles. The van der Waals surface area contributed by atoms with Gasteiger partial charge in [-0.2, -0.15) is 5.26 Å². The minimum atomic E-state index is -1.53. The molecule has 1 saturated carbocycles. The van der Waals surface area contributed by atoms with Crippen molar-refractivity contribution in [2.75, 3.05) is 20.2 Å². The van der Waals surface area contributed by atoms with Gasteiger partial charge in [-0.05, 0) is 73.9 Å². The van der Waals surface area contributed by atoms with Crippen molar-refractivity contribution in [2.45, 2.75) is 62.3 Å². The van der Waals surface area contributed by atoms with E-state index in [1.54, 1.807) is 11.0 Å². The number of ether oxygens (including phenoxy) is 2. The Kier molecular flexibility index (Phi) is 7.98. The monoisotopic (exact) mass is 552 g/mol. The lowest BCUT2D eigenvalue weighted by atomic mass is 9.79. The predicted octanol–water partition coefficient (Wildman–Crippen LogP) is 4.38. The fourth-order valence-corrected chi connectivity index (χ4v) is 6.22. The second-order valence-corrected chi connectivity index (χ2v) is 10.4. The molecule has 1 N–H and O–H groups in total. The molecule has 3 amide bonds. The summed E-state index contributed by atoms with van der Waals surface area (Å²) < 4.78 is 38.1. The number of nitrogens with zero attached hydrogens (tertiary/aromatic N) is 3. The average Bonchev–Trinajstić information content (AvgIpc) is 3.62. The molecule has 0 bridgehead atoms. The first-order valence-electron chi connectivity index (χ1n) is 13.4. The van der Waals surface area contributed by atoms with Gasteiger partial charge in [0.25, 0.3) is 0 Å². The number of cyclic esters (lactones) is 1. The Morgan fingerprint density at radius 1 is 1.07 bits per heavy atom. The first-order chi connectivity index (χ1) is 19.3. The molecule has 3 aliphatic rings. The fraction of sp³-hybridized carbons (Fsp3) is 0.448. The van der Waals surface area contributed by atoms with Gasteiger partial charge in [0.1, 0.15) is 6.04 Å². The lowest BCUT2D eigenvalue weighted by Crippen LogP contribution is -2.55. The summed E-state index contributed by atoms with van der Waals surface area (Å²) >= 11 is 0. The largest absolute Gasteiger partial charge is 0.466 e. The maximum absolute atomic E-state index is 14.2. The fourth-order valence-electron chi connectivity index (χ4n) is 6.22. The van der Waals surface area contributed by atoms with E-state index in [0.717, 1.165) is 42.5 Å². The highest BCUT2D eigenvalue weighted by Crippen LogP contribution is 2.40. The second kappa shape index (κ2) is 11.6. The highest BCUT2D eigenvalue weighted by atomic mass is 19.2. The molecule has 210 valence electrons. The summed E-state index contributed by atoms with van der Waals surface area (Å²) in [6, 6.07) is 10.3. The number of urea groups is 1. The number of halogens is 2. The molecule has 2 aromatic carbocycles. The van der Waals surface area contributed by atoms with Gasteiger partial charge in [0.2, 0.25) is 6.10 Å². The van der Waals surface area contributed by atoms with Crippen molar-refractivity contribution in [3.05, 3.63) is 70.8 Å². The highest BCUT2D eigenvalue weighted by Gasteiger charge is 2.53. The summed E-state index contributed by atoms with van der Waals surface area (Å²) in [5.74, 6) is -3.03. The normalized spacial score (nSPS) is 26.2. The Balaban J connectivity index is 1.45. The van der Waals surface area contributed by atoms with Crippen LogP contribution in [0.15, 0.2) is 42.5 Å². The third-order valence-electron chi connectivity index (χ3n) is 8.17. The van der Waals surface area contributed by atoms with Crippen molar-refractivity contribution < 1.29 is 32.6 Å². The molecule has 2 aliphatic heterocycles. The molecule has 1 aliphatic carbocycles. The SMILES string of the molecule is COC(=O)[C@H]1OC(=O)N(C(=O)N(C2CCC(c3ccccc3C#N)CC2)[C@@H]2CCNC2)[C@@H]1c1ccc(F)c(F)c1. The van der Waals surface area contributed by atoms with E-state index in [4.69, 9.17) is 9.47 Å². The standard InChI is InChI=1S/C29H30F2N4O5/c1-39-27(36)26-25(18-8-11-23(30)24(31)14-18)35(29(38)40-26)28(37)34(21-12-13-33-16-21)20-9-6-17(7-10-20)22-5-3-2-4-19(22)15-32/h2-5,8,11,14,17,20-21,25-26,33H,6-7,9-10,12-13,16H2,1H3/t17?,20?,21-,25-,26+/m1/s1. The number of hydrogen-bond donors (Lipinski definition) is 1. The topological polar surface area (TPSA) is 112 Å². The van der Waals surface area contributed by atoms with Crippen LogP contribution in [0.2, 0.25) is 0 Å². The average molecular weight is 553 g/mol. The number of imide groups is 1. The lowest BCUT2D eigenvalue weighted by molar-refractivity contribution is -0.150. The molecule has 3 atom stereocenters. The molecular formula is C29H30F2N4O5. The number of esters is 1. The zero-order valence-corrected chi connectivity index (χ0v) is 22.0. The first-order valence-corrected chi connectivity index (χ1v) is 13.4. The van der Waals surface area contributed by atoms with Crippen LogP contribution in [0.1, 0.15) is 60.8 Å². The van der Waals surface area contributed by atoms with Gasteiger partial charge < -0.3 is 19.7 Å². The van der Waals surface area contributed by atoms with E-state index >= 15 is 0 Å². The highest BCUT2D eigenvalue weighted by molar-refractivity contribution is 5.96. The predicted molar refractivity (Wildman–Crippen MR) is 138 cm³/mol. The summed E-state index contributed by atoms with van der Waals surface area (Å²) in [5, 5.41) is 12.8. The number of amides is 3. The van der Waals surface area contributed by atoms with Crippen LogP contribution >= 0.6 is 0 Å². The van der Waals surface area contributed by atoms with Crippen molar-refractivity contribution in [1.29, 1.82) is 5.26 Å². The van der Waals surface area contributed by atoms with Gasteiger partial charge in [-0.15, -0.1) is 0 Å². The van der Waals surface area contributed by atoms with Crippen molar-refractivity contribution in [1.82, 2.24) is 15.1 Å². The number of benzene rings is 2. The summed E-state index contributed by atoms with van der Waals surface area (Å²) in [5.41, 5.74) is 1.67. The van der Waals surface area contributed by atoms with Crippen LogP contribution in [0.5, 0.6) is 0 Å². The number of methoxy groups -OCH3 is 1. The van der Waals surface area contributed by atoms with Crippen LogP contribution < -0.4 is 5.32 Å². The molecule has 0 unspecified atom stereocenters. The van der Waals surface area contributed by atoms with Gasteiger partial charge in [-0.1, -0.05) is 24.3 Å². The molecule has 2 aromatic rings. The van der Waals surface area contributed by atoms with E-state index < -0.39 is 41.9 Å². The van der Waals surface area contributed by atoms with Crippen LogP contribution in [0.25, 0.3) is 0 Å². The Morgan fingerprint density at radius 3 is 2.48 bits per heavy atom. The van der Waals surface area contributed by atoms with E-state index in [9.17, 15) is 28.4 Å². The number of carbonyl (C=O) groups is 3. The van der Waals surface area contributed by atoms with E-state index in [0.29, 0.717) is 37.9 Å². The van der Waals surface area contributed by atoms with Gasteiger partial charge >= 0.3 is 18.1 Å². The Hall–Kier alpha value is -4.04. The minimum Gasteiger partial charge on any atom is -0.466 e. The van der Waals surface area contributed by atoms with E-state index in [1.807, 2.05) is 18.2 Å². The summed E-state index contributed by atoms with van der Waals surface area (Å²) in [7, 11) is 1.11. The van der Waals surface area contributed by atoms with Crippen LogP contribution in [0.4, 0.5) is 18.4 Å². The molecule has 5 rings (SSSR count). The third-order valence-corrected chi connectivity index (χ3v) is 8.17. The number of nitrogens with one attached hydrogen (secondary N) is 1. The minimum absolute atomic E-state index is 0.0369. The van der Waals surface area contributed by atoms with Crippen molar-refractivity contribution >= 4 is 18.1 Å². The van der Waals surface area contributed by atoms with Crippen LogP contribution in [-0.4, -0.2) is 66.3 Å². The zero-order chi connectivity index (χ0) is 28.4. The Morgan fingerprint density at radius 2 is 1.82 bits per heavy atom. The number of nitriles is 1.